The van der Waals surface area contributed by atoms with Crippen LogP contribution in [0.3, 0.4) is 0 Å². The van der Waals surface area contributed by atoms with Crippen LogP contribution in [0.2, 0.25) is 0 Å². The summed E-state index contributed by atoms with van der Waals surface area (Å²) < 4.78 is 10.9. The monoisotopic (exact) mass is 281 g/mol. The van der Waals surface area contributed by atoms with Crippen LogP contribution in [0.5, 0.6) is 11.5 Å². The van der Waals surface area contributed by atoms with E-state index in [2.05, 4.69) is 11.1 Å². The third-order valence-corrected chi connectivity index (χ3v) is 2.46. The first-order valence-corrected chi connectivity index (χ1v) is 6.42. The summed E-state index contributed by atoms with van der Waals surface area (Å²) in [5, 5.41) is 9.13. The Hall–Kier alpha value is -1.93. The number of aliphatic imine (C=N–C) groups is 1. The number of rotatable bonds is 6. The molecule has 0 bridgehead atoms. The Kier molecular flexibility index (Phi) is 5.97. The summed E-state index contributed by atoms with van der Waals surface area (Å²) in [6, 6.07) is 5.28. The van der Waals surface area contributed by atoms with Gasteiger partial charge in [0.1, 0.15) is 11.9 Å². The molecule has 0 aromatic heterocycles. The fraction of sp³-hybridized carbons (Fsp3) is 0.385. The largest absolute Gasteiger partial charge is 0.490 e. The topological polar surface area (TPSA) is 80.6 Å². The molecule has 6 heteroatoms. The van der Waals surface area contributed by atoms with Crippen molar-refractivity contribution in [2.45, 2.75) is 13.8 Å². The van der Waals surface area contributed by atoms with E-state index in [1.807, 2.05) is 13.8 Å². The Morgan fingerprint density at radius 3 is 2.37 bits per heavy atom. The average Bonchev–Trinajstić information content (AvgIpc) is 2.41. The molecule has 1 aromatic rings. The second-order valence-corrected chi connectivity index (χ2v) is 3.80. The number of amidine groups is 1. The standard InChI is InChI=1S/C13H16ClN3O2/c1-3-18-11-5-9(8-15)10(17-13(16)7-14)6-12(11)19-4-2/h5-6H,3-4,7H2,1-2H3,(H2,16,17). The molecule has 1 rings (SSSR count). The van der Waals surface area contributed by atoms with E-state index in [0.29, 0.717) is 36.0 Å². The maximum Gasteiger partial charge on any atom is 0.163 e. The number of nitrogens with two attached hydrogens (primary N) is 1. The SMILES string of the molecule is CCOc1cc(C#N)c(N=C(N)CCl)cc1OCC. The quantitative estimate of drug-likeness (QED) is 0.494. The Morgan fingerprint density at radius 2 is 1.89 bits per heavy atom. The number of halogens is 1. The minimum Gasteiger partial charge on any atom is -0.490 e. The summed E-state index contributed by atoms with van der Waals surface area (Å²) in [7, 11) is 0. The molecule has 0 saturated heterocycles. The van der Waals surface area contributed by atoms with Crippen molar-refractivity contribution in [3.8, 4) is 17.6 Å². The Balaban J connectivity index is 3.31. The van der Waals surface area contributed by atoms with Gasteiger partial charge in [-0.05, 0) is 13.8 Å². The number of ether oxygens (including phenoxy) is 2. The van der Waals surface area contributed by atoms with Crippen molar-refractivity contribution in [2.24, 2.45) is 10.7 Å². The van der Waals surface area contributed by atoms with Crippen LogP contribution in [0.25, 0.3) is 0 Å². The van der Waals surface area contributed by atoms with Gasteiger partial charge in [-0.3, -0.25) is 0 Å². The van der Waals surface area contributed by atoms with Gasteiger partial charge in [0.05, 0.1) is 30.3 Å². The fourth-order valence-electron chi connectivity index (χ4n) is 1.45. The molecule has 0 atom stereocenters. The number of nitrogens with zero attached hydrogens (tertiary/aromatic N) is 2. The van der Waals surface area contributed by atoms with Crippen molar-refractivity contribution in [1.82, 2.24) is 0 Å². The van der Waals surface area contributed by atoms with Gasteiger partial charge in [0.25, 0.3) is 0 Å². The minimum absolute atomic E-state index is 0.0993. The molecule has 19 heavy (non-hydrogen) atoms. The van der Waals surface area contributed by atoms with Crippen LogP contribution in [0, 0.1) is 11.3 Å². The molecular formula is C13H16ClN3O2. The molecule has 0 radical (unpaired) electrons. The number of benzene rings is 1. The highest BCUT2D eigenvalue weighted by molar-refractivity contribution is 6.28. The number of hydrogen-bond donors (Lipinski definition) is 1. The van der Waals surface area contributed by atoms with Crippen molar-refractivity contribution in [3.05, 3.63) is 17.7 Å². The number of alkyl halides is 1. The van der Waals surface area contributed by atoms with Crippen LogP contribution in [0.1, 0.15) is 19.4 Å². The van der Waals surface area contributed by atoms with Crippen molar-refractivity contribution in [3.63, 3.8) is 0 Å². The van der Waals surface area contributed by atoms with Crippen LogP contribution in [-0.4, -0.2) is 24.9 Å². The number of hydrogen-bond acceptors (Lipinski definition) is 4. The van der Waals surface area contributed by atoms with Crippen molar-refractivity contribution in [2.75, 3.05) is 19.1 Å². The molecule has 0 amide bonds. The summed E-state index contributed by atoms with van der Waals surface area (Å²) in [6.45, 7) is 4.70. The van der Waals surface area contributed by atoms with Gasteiger partial charge in [0.15, 0.2) is 11.5 Å². The van der Waals surface area contributed by atoms with E-state index >= 15 is 0 Å². The third kappa shape index (κ3) is 4.04. The zero-order valence-corrected chi connectivity index (χ0v) is 11.7. The Bertz CT molecular complexity index is 509. The smallest absolute Gasteiger partial charge is 0.163 e. The molecule has 1 aromatic carbocycles. The maximum atomic E-state index is 9.13. The summed E-state index contributed by atoms with van der Waals surface area (Å²) >= 11 is 5.58. The second kappa shape index (κ2) is 7.49. The van der Waals surface area contributed by atoms with E-state index in [9.17, 15) is 0 Å². The van der Waals surface area contributed by atoms with E-state index in [0.717, 1.165) is 0 Å². The fourth-order valence-corrected chi connectivity index (χ4v) is 1.51. The van der Waals surface area contributed by atoms with E-state index in [4.69, 9.17) is 32.1 Å². The second-order valence-electron chi connectivity index (χ2n) is 3.53. The normalized spacial score (nSPS) is 10.9. The summed E-state index contributed by atoms with van der Waals surface area (Å²) in [5.74, 6) is 1.39. The molecule has 0 aliphatic rings. The van der Waals surface area contributed by atoms with Gasteiger partial charge in [0, 0.05) is 12.1 Å². The minimum atomic E-state index is 0.0993. The zero-order valence-electron chi connectivity index (χ0n) is 10.9. The van der Waals surface area contributed by atoms with E-state index in [-0.39, 0.29) is 11.7 Å². The average molecular weight is 282 g/mol. The lowest BCUT2D eigenvalue weighted by molar-refractivity contribution is 0.288. The zero-order chi connectivity index (χ0) is 14.3. The molecule has 0 unspecified atom stereocenters. The van der Waals surface area contributed by atoms with E-state index in [1.165, 1.54) is 0 Å². The summed E-state index contributed by atoms with van der Waals surface area (Å²) in [6.07, 6.45) is 0. The van der Waals surface area contributed by atoms with E-state index < -0.39 is 0 Å². The highest BCUT2D eigenvalue weighted by atomic mass is 35.5. The molecule has 2 N–H and O–H groups in total. The first kappa shape index (κ1) is 15.1. The van der Waals surface area contributed by atoms with Gasteiger partial charge in [0.2, 0.25) is 0 Å². The number of nitriles is 1. The van der Waals surface area contributed by atoms with Gasteiger partial charge in [-0.1, -0.05) is 0 Å². The summed E-state index contributed by atoms with van der Waals surface area (Å²) in [4.78, 5) is 4.10. The van der Waals surface area contributed by atoms with Gasteiger partial charge < -0.3 is 15.2 Å². The highest BCUT2D eigenvalue weighted by Crippen LogP contribution is 2.35. The van der Waals surface area contributed by atoms with Crippen LogP contribution < -0.4 is 15.2 Å². The first-order chi connectivity index (χ1) is 9.15. The molecule has 0 aliphatic carbocycles. The molecule has 0 spiro atoms. The van der Waals surface area contributed by atoms with Crippen molar-refractivity contribution in [1.29, 1.82) is 5.26 Å². The van der Waals surface area contributed by atoms with Crippen LogP contribution in [0.4, 0.5) is 5.69 Å². The lowest BCUT2D eigenvalue weighted by atomic mass is 10.1. The predicted octanol–water partition coefficient (Wildman–Crippen LogP) is 2.58. The molecule has 0 heterocycles. The lowest BCUT2D eigenvalue weighted by Gasteiger charge is -2.12. The molecule has 5 nitrogen and oxygen atoms in total. The maximum absolute atomic E-state index is 9.13. The van der Waals surface area contributed by atoms with Gasteiger partial charge in [-0.15, -0.1) is 11.6 Å². The predicted molar refractivity (Wildman–Crippen MR) is 75.5 cm³/mol. The third-order valence-electron chi connectivity index (χ3n) is 2.18. The Morgan fingerprint density at radius 1 is 1.32 bits per heavy atom. The molecule has 102 valence electrons. The molecule has 0 saturated carbocycles. The van der Waals surface area contributed by atoms with Crippen molar-refractivity contribution >= 4 is 23.1 Å². The van der Waals surface area contributed by atoms with Crippen LogP contribution in [0.15, 0.2) is 17.1 Å². The van der Waals surface area contributed by atoms with Gasteiger partial charge in [-0.2, -0.15) is 5.26 Å². The van der Waals surface area contributed by atoms with Gasteiger partial charge >= 0.3 is 0 Å². The first-order valence-electron chi connectivity index (χ1n) is 5.88. The van der Waals surface area contributed by atoms with Crippen molar-refractivity contribution < 1.29 is 9.47 Å². The van der Waals surface area contributed by atoms with Gasteiger partial charge in [-0.25, -0.2) is 4.99 Å². The lowest BCUT2D eigenvalue weighted by Crippen LogP contribution is -2.12. The highest BCUT2D eigenvalue weighted by Gasteiger charge is 2.12. The van der Waals surface area contributed by atoms with E-state index in [1.54, 1.807) is 12.1 Å². The summed E-state index contributed by atoms with van der Waals surface area (Å²) in [5.41, 5.74) is 6.37. The molecular weight excluding hydrogens is 266 g/mol. The van der Waals surface area contributed by atoms with Crippen LogP contribution >= 0.6 is 11.6 Å². The molecule has 0 fully saturated rings. The van der Waals surface area contributed by atoms with Crippen LogP contribution in [-0.2, 0) is 0 Å². The molecule has 0 aliphatic heterocycles. The Labute approximate surface area is 117 Å².